The Balaban J connectivity index is 1.66. The van der Waals surface area contributed by atoms with Gasteiger partial charge >= 0.3 is 5.97 Å². The van der Waals surface area contributed by atoms with Crippen LogP contribution < -0.4 is 14.2 Å². The first-order chi connectivity index (χ1) is 14.6. The first kappa shape index (κ1) is 18.2. The number of hydrogen-bond donors (Lipinski definition) is 0. The van der Waals surface area contributed by atoms with E-state index in [1.54, 1.807) is 25.3 Å². The number of esters is 1. The highest BCUT2D eigenvalue weighted by Crippen LogP contribution is 2.50. The fraction of sp³-hybridized carbons (Fsp3) is 0.167. The lowest BCUT2D eigenvalue weighted by Gasteiger charge is -2.27. The monoisotopic (exact) mass is 401 g/mol. The van der Waals surface area contributed by atoms with E-state index in [-0.39, 0.29) is 29.9 Å². The van der Waals surface area contributed by atoms with Gasteiger partial charge in [0.05, 0.1) is 19.1 Å². The fourth-order valence-electron chi connectivity index (χ4n) is 4.08. The number of Topliss-reactive ketones (excluding diaryl/α,β-unsaturated/α-hetero) is 1. The van der Waals surface area contributed by atoms with Crippen molar-refractivity contribution < 1.29 is 23.8 Å². The summed E-state index contributed by atoms with van der Waals surface area (Å²) in [7, 11) is 3.50. The molecule has 2 aliphatic rings. The third-order valence-corrected chi connectivity index (χ3v) is 5.56. The Morgan fingerprint density at radius 3 is 2.67 bits per heavy atom. The topological polar surface area (TPSA) is 66.8 Å². The molecule has 150 valence electrons. The third-order valence-electron chi connectivity index (χ3n) is 5.56. The smallest absolute Gasteiger partial charge is 0.312 e. The van der Waals surface area contributed by atoms with Crippen molar-refractivity contribution in [1.82, 2.24) is 4.57 Å². The molecule has 1 aromatic heterocycles. The van der Waals surface area contributed by atoms with Crippen molar-refractivity contribution in [3.8, 4) is 17.2 Å². The molecule has 3 heterocycles. The molecular formula is C24H19NO5. The molecule has 0 bridgehead atoms. The molecule has 0 aliphatic carbocycles. The Morgan fingerprint density at radius 1 is 1.07 bits per heavy atom. The Hall–Kier alpha value is -3.80. The number of allylic oxidation sites excluding steroid dienone is 1. The molecular weight excluding hydrogens is 382 g/mol. The molecule has 0 spiro atoms. The fourth-order valence-corrected chi connectivity index (χ4v) is 4.08. The number of hydrogen-bond acceptors (Lipinski definition) is 5. The van der Waals surface area contributed by atoms with Crippen LogP contribution in [0.25, 0.3) is 6.08 Å². The summed E-state index contributed by atoms with van der Waals surface area (Å²) < 4.78 is 19.0. The SMILES string of the molecule is COc1ccccc1C1CC(=O)Oc2ccc3c(c21)O/C(=C\c1cccn1C)C3=O. The van der Waals surface area contributed by atoms with Gasteiger partial charge in [0.15, 0.2) is 5.76 Å². The summed E-state index contributed by atoms with van der Waals surface area (Å²) in [6.45, 7) is 0. The summed E-state index contributed by atoms with van der Waals surface area (Å²) in [5.74, 6) is 0.914. The molecule has 6 heteroatoms. The zero-order valence-corrected chi connectivity index (χ0v) is 16.5. The van der Waals surface area contributed by atoms with E-state index in [4.69, 9.17) is 14.2 Å². The largest absolute Gasteiger partial charge is 0.496 e. The number of ketones is 1. The van der Waals surface area contributed by atoms with Crippen molar-refractivity contribution in [2.45, 2.75) is 12.3 Å². The molecule has 2 aromatic carbocycles. The molecule has 0 radical (unpaired) electrons. The Kier molecular flexibility index (Phi) is 4.20. The number of aromatic nitrogens is 1. The van der Waals surface area contributed by atoms with Crippen LogP contribution in [-0.4, -0.2) is 23.4 Å². The van der Waals surface area contributed by atoms with Crippen LogP contribution in [0.3, 0.4) is 0 Å². The van der Waals surface area contributed by atoms with Gasteiger partial charge in [-0.25, -0.2) is 0 Å². The van der Waals surface area contributed by atoms with Crippen LogP contribution >= 0.6 is 0 Å². The minimum absolute atomic E-state index is 0.137. The predicted molar refractivity (Wildman–Crippen MR) is 110 cm³/mol. The van der Waals surface area contributed by atoms with Gasteiger partial charge in [0.1, 0.15) is 17.2 Å². The number of methoxy groups -OCH3 is 1. The van der Waals surface area contributed by atoms with E-state index in [2.05, 4.69) is 0 Å². The maximum Gasteiger partial charge on any atom is 0.312 e. The number of rotatable bonds is 3. The number of benzene rings is 2. The number of carbonyl (C=O) groups is 2. The molecule has 1 atom stereocenters. The van der Waals surface area contributed by atoms with Crippen LogP contribution in [0, 0.1) is 0 Å². The van der Waals surface area contributed by atoms with Gasteiger partial charge in [-0.1, -0.05) is 18.2 Å². The van der Waals surface area contributed by atoms with Crippen molar-refractivity contribution >= 4 is 17.8 Å². The summed E-state index contributed by atoms with van der Waals surface area (Å²) in [5.41, 5.74) is 2.86. The normalized spacial score (nSPS) is 18.6. The van der Waals surface area contributed by atoms with Gasteiger partial charge in [-0.05, 0) is 30.3 Å². The van der Waals surface area contributed by atoms with Crippen molar-refractivity contribution in [2.24, 2.45) is 7.05 Å². The minimum Gasteiger partial charge on any atom is -0.496 e. The molecule has 0 amide bonds. The van der Waals surface area contributed by atoms with E-state index in [0.717, 1.165) is 11.3 Å². The number of ether oxygens (including phenoxy) is 3. The van der Waals surface area contributed by atoms with Crippen LogP contribution in [0.4, 0.5) is 0 Å². The Labute approximate surface area is 173 Å². The Morgan fingerprint density at radius 2 is 1.90 bits per heavy atom. The first-order valence-electron chi connectivity index (χ1n) is 9.63. The van der Waals surface area contributed by atoms with Gasteiger partial charge in [-0.3, -0.25) is 9.59 Å². The number of para-hydroxylation sites is 1. The van der Waals surface area contributed by atoms with Gasteiger partial charge < -0.3 is 18.8 Å². The van der Waals surface area contributed by atoms with Gasteiger partial charge in [0.2, 0.25) is 5.78 Å². The maximum absolute atomic E-state index is 13.0. The molecule has 30 heavy (non-hydrogen) atoms. The van der Waals surface area contributed by atoms with E-state index >= 15 is 0 Å². The first-order valence-corrected chi connectivity index (χ1v) is 9.63. The van der Waals surface area contributed by atoms with Crippen molar-refractivity contribution in [2.75, 3.05) is 7.11 Å². The van der Waals surface area contributed by atoms with E-state index < -0.39 is 0 Å². The summed E-state index contributed by atoms with van der Waals surface area (Å²) in [5, 5.41) is 0. The van der Waals surface area contributed by atoms with Crippen LogP contribution in [0.5, 0.6) is 17.2 Å². The molecule has 6 nitrogen and oxygen atoms in total. The highest BCUT2D eigenvalue weighted by Gasteiger charge is 2.39. The van der Waals surface area contributed by atoms with E-state index in [1.165, 1.54) is 0 Å². The second kappa shape index (κ2) is 6.91. The lowest BCUT2D eigenvalue weighted by molar-refractivity contribution is -0.135. The van der Waals surface area contributed by atoms with Crippen LogP contribution in [0.15, 0.2) is 60.5 Å². The summed E-state index contributed by atoms with van der Waals surface area (Å²) in [4.78, 5) is 25.3. The second-order valence-electron chi connectivity index (χ2n) is 7.31. The maximum atomic E-state index is 13.0. The molecule has 0 saturated carbocycles. The van der Waals surface area contributed by atoms with Crippen molar-refractivity contribution in [3.05, 3.63) is 82.9 Å². The highest BCUT2D eigenvalue weighted by molar-refractivity contribution is 6.15. The van der Waals surface area contributed by atoms with Crippen LogP contribution in [-0.2, 0) is 11.8 Å². The summed E-state index contributed by atoms with van der Waals surface area (Å²) in [6, 6.07) is 14.7. The molecule has 0 fully saturated rings. The lowest BCUT2D eigenvalue weighted by Crippen LogP contribution is -2.22. The zero-order valence-electron chi connectivity index (χ0n) is 16.5. The molecule has 1 unspecified atom stereocenters. The summed E-state index contributed by atoms with van der Waals surface area (Å²) >= 11 is 0. The van der Waals surface area contributed by atoms with Gasteiger partial charge in [0, 0.05) is 42.1 Å². The van der Waals surface area contributed by atoms with E-state index in [1.807, 2.05) is 54.2 Å². The second-order valence-corrected chi connectivity index (χ2v) is 7.31. The van der Waals surface area contributed by atoms with Crippen LogP contribution in [0.2, 0.25) is 0 Å². The minimum atomic E-state index is -0.338. The number of fused-ring (bicyclic) bond motifs is 3. The van der Waals surface area contributed by atoms with Crippen LogP contribution in [0.1, 0.15) is 39.5 Å². The molecule has 3 aromatic rings. The van der Waals surface area contributed by atoms with Crippen molar-refractivity contribution in [3.63, 3.8) is 0 Å². The molecule has 5 rings (SSSR count). The standard InChI is InChI=1S/C24H19NO5/c1-25-11-5-6-14(25)12-20-23(27)16-9-10-19-22(24(16)30-20)17(13-21(26)29-19)15-7-3-4-8-18(15)28-2/h3-12,17H,13H2,1-2H3/b20-12-. The van der Waals surface area contributed by atoms with Gasteiger partial charge in [0.25, 0.3) is 0 Å². The van der Waals surface area contributed by atoms with E-state index in [9.17, 15) is 9.59 Å². The Bertz CT molecular complexity index is 1220. The van der Waals surface area contributed by atoms with E-state index in [0.29, 0.717) is 28.4 Å². The quantitative estimate of drug-likeness (QED) is 0.376. The number of carbonyl (C=O) groups excluding carboxylic acids is 2. The number of nitrogens with zero attached hydrogens (tertiary/aromatic N) is 1. The molecule has 0 saturated heterocycles. The molecule has 2 aliphatic heterocycles. The van der Waals surface area contributed by atoms with Crippen molar-refractivity contribution in [1.29, 1.82) is 0 Å². The highest BCUT2D eigenvalue weighted by atomic mass is 16.5. The average Bonchev–Trinajstić information content (AvgIpc) is 3.30. The lowest BCUT2D eigenvalue weighted by atomic mass is 9.84. The average molecular weight is 401 g/mol. The third kappa shape index (κ3) is 2.80. The zero-order chi connectivity index (χ0) is 20.8. The molecule has 0 N–H and O–H groups in total. The summed E-state index contributed by atoms with van der Waals surface area (Å²) in [6.07, 6.45) is 3.76. The number of aryl methyl sites for hydroxylation is 1. The predicted octanol–water partition coefficient (Wildman–Crippen LogP) is 4.09. The van der Waals surface area contributed by atoms with Gasteiger partial charge in [-0.15, -0.1) is 0 Å². The van der Waals surface area contributed by atoms with Gasteiger partial charge in [-0.2, -0.15) is 0 Å².